The predicted molar refractivity (Wildman–Crippen MR) is 109 cm³/mol. The van der Waals surface area contributed by atoms with E-state index in [2.05, 4.69) is 6.92 Å². The number of pyridine rings is 1. The van der Waals surface area contributed by atoms with Crippen LogP contribution in [-0.2, 0) is 13.5 Å². The third-order valence-electron chi connectivity index (χ3n) is 5.92. The first-order chi connectivity index (χ1) is 13.1. The van der Waals surface area contributed by atoms with Crippen LogP contribution < -0.4 is 11.0 Å². The number of nitrogens with zero attached hydrogens (tertiary/aromatic N) is 3. The van der Waals surface area contributed by atoms with Gasteiger partial charge in [0.05, 0.1) is 5.52 Å². The van der Waals surface area contributed by atoms with Gasteiger partial charge in [-0.15, -0.1) is 0 Å². The molecule has 0 spiro atoms. The summed E-state index contributed by atoms with van der Waals surface area (Å²) in [5.74, 6) is 0.845. The number of hydrogen-bond acceptors (Lipinski definition) is 3. The number of para-hydroxylation sites is 1. The molecule has 0 unspecified atom stereocenters. The fourth-order valence-corrected chi connectivity index (χ4v) is 4.46. The Morgan fingerprint density at radius 1 is 1.11 bits per heavy atom. The molecule has 5 nitrogen and oxygen atoms in total. The molecule has 5 heteroatoms. The summed E-state index contributed by atoms with van der Waals surface area (Å²) in [4.78, 5) is 31.5. The van der Waals surface area contributed by atoms with Gasteiger partial charge in [-0.05, 0) is 31.4 Å². The smallest absolute Gasteiger partial charge is 0.267 e. The summed E-state index contributed by atoms with van der Waals surface area (Å²) >= 11 is 0. The highest BCUT2D eigenvalue weighted by Crippen LogP contribution is 2.30. The average molecular weight is 365 g/mol. The summed E-state index contributed by atoms with van der Waals surface area (Å²) in [7, 11) is 1.90. The van der Waals surface area contributed by atoms with Crippen molar-refractivity contribution >= 4 is 21.9 Å². The molecule has 0 amide bonds. The maximum Gasteiger partial charge on any atom is 0.267 e. The number of hydrogen-bond donors (Lipinski definition) is 0. The van der Waals surface area contributed by atoms with E-state index < -0.39 is 0 Å². The Bertz CT molecular complexity index is 1100. The SMILES string of the molecule is CCCCCc1nc2c(c(=O)c3ccccc3n2C)c(=O)n1C1CCCC1. The molecule has 0 saturated heterocycles. The molecule has 3 aromatic rings. The largest absolute Gasteiger partial charge is 0.328 e. The Morgan fingerprint density at radius 3 is 2.59 bits per heavy atom. The van der Waals surface area contributed by atoms with Gasteiger partial charge in [0.1, 0.15) is 11.2 Å². The summed E-state index contributed by atoms with van der Waals surface area (Å²) in [5.41, 5.74) is 0.997. The minimum atomic E-state index is -0.192. The number of fused-ring (bicyclic) bond motifs is 2. The van der Waals surface area contributed by atoms with E-state index in [9.17, 15) is 9.59 Å². The van der Waals surface area contributed by atoms with E-state index in [0.29, 0.717) is 11.0 Å². The lowest BCUT2D eigenvalue weighted by Gasteiger charge is -2.20. The Balaban J connectivity index is 2.04. The van der Waals surface area contributed by atoms with Crippen molar-refractivity contribution in [3.05, 3.63) is 50.7 Å². The summed E-state index contributed by atoms with van der Waals surface area (Å²) in [5, 5.41) is 0.824. The number of aromatic nitrogens is 3. The van der Waals surface area contributed by atoms with Gasteiger partial charge in [0, 0.05) is 24.9 Å². The number of rotatable bonds is 5. The normalized spacial score (nSPS) is 15.2. The molecule has 1 saturated carbocycles. The molecule has 2 heterocycles. The van der Waals surface area contributed by atoms with Crippen molar-refractivity contribution in [1.82, 2.24) is 14.1 Å². The Kier molecular flexibility index (Phi) is 4.85. The maximum atomic E-state index is 13.5. The highest BCUT2D eigenvalue weighted by molar-refractivity contribution is 5.91. The molecule has 0 bridgehead atoms. The van der Waals surface area contributed by atoms with E-state index >= 15 is 0 Å². The van der Waals surface area contributed by atoms with E-state index in [-0.39, 0.29) is 22.4 Å². The van der Waals surface area contributed by atoms with Gasteiger partial charge >= 0.3 is 0 Å². The van der Waals surface area contributed by atoms with Crippen LogP contribution in [0.2, 0.25) is 0 Å². The fourth-order valence-electron chi connectivity index (χ4n) is 4.46. The fraction of sp³-hybridized carbons (Fsp3) is 0.500. The van der Waals surface area contributed by atoms with E-state index in [1.54, 1.807) is 6.07 Å². The van der Waals surface area contributed by atoms with Crippen LogP contribution in [0.4, 0.5) is 0 Å². The molecule has 0 N–H and O–H groups in total. The van der Waals surface area contributed by atoms with Crippen molar-refractivity contribution < 1.29 is 0 Å². The lowest BCUT2D eigenvalue weighted by atomic mass is 10.1. The zero-order valence-corrected chi connectivity index (χ0v) is 16.2. The molecule has 0 aliphatic heterocycles. The van der Waals surface area contributed by atoms with Crippen molar-refractivity contribution in [2.24, 2.45) is 7.05 Å². The van der Waals surface area contributed by atoms with Crippen LogP contribution in [0.1, 0.15) is 63.7 Å². The zero-order chi connectivity index (χ0) is 19.0. The first-order valence-corrected chi connectivity index (χ1v) is 10.2. The number of benzene rings is 1. The number of unbranched alkanes of at least 4 members (excludes halogenated alkanes) is 2. The highest BCUT2D eigenvalue weighted by Gasteiger charge is 2.24. The molecule has 27 heavy (non-hydrogen) atoms. The van der Waals surface area contributed by atoms with Crippen molar-refractivity contribution in [3.63, 3.8) is 0 Å². The Morgan fingerprint density at radius 2 is 1.85 bits per heavy atom. The van der Waals surface area contributed by atoms with Crippen molar-refractivity contribution in [1.29, 1.82) is 0 Å². The minimum absolute atomic E-state index is 0.148. The summed E-state index contributed by atoms with van der Waals surface area (Å²) in [6.45, 7) is 2.17. The molecule has 2 aromatic heterocycles. The van der Waals surface area contributed by atoms with Gasteiger partial charge in [-0.3, -0.25) is 14.2 Å². The number of aryl methyl sites for hydroxylation is 2. The van der Waals surface area contributed by atoms with E-state index in [0.717, 1.165) is 62.7 Å². The zero-order valence-electron chi connectivity index (χ0n) is 16.2. The molecular weight excluding hydrogens is 338 g/mol. The van der Waals surface area contributed by atoms with Crippen LogP contribution in [0.5, 0.6) is 0 Å². The monoisotopic (exact) mass is 365 g/mol. The second kappa shape index (κ2) is 7.29. The second-order valence-corrected chi connectivity index (χ2v) is 7.70. The topological polar surface area (TPSA) is 56.9 Å². The molecule has 1 aromatic carbocycles. The molecule has 4 rings (SSSR count). The van der Waals surface area contributed by atoms with Crippen LogP contribution in [0.3, 0.4) is 0 Å². The van der Waals surface area contributed by atoms with Crippen molar-refractivity contribution in [3.8, 4) is 0 Å². The summed E-state index contributed by atoms with van der Waals surface area (Å²) in [6, 6.07) is 7.65. The third-order valence-corrected chi connectivity index (χ3v) is 5.92. The lowest BCUT2D eigenvalue weighted by Crippen LogP contribution is -2.32. The third kappa shape index (κ3) is 2.99. The van der Waals surface area contributed by atoms with Crippen LogP contribution >= 0.6 is 0 Å². The molecular formula is C22H27N3O2. The lowest BCUT2D eigenvalue weighted by molar-refractivity contribution is 0.470. The van der Waals surface area contributed by atoms with Gasteiger partial charge in [-0.1, -0.05) is 44.7 Å². The van der Waals surface area contributed by atoms with E-state index in [1.807, 2.05) is 34.4 Å². The van der Waals surface area contributed by atoms with Gasteiger partial charge in [0.25, 0.3) is 5.56 Å². The van der Waals surface area contributed by atoms with Crippen LogP contribution in [0, 0.1) is 0 Å². The average Bonchev–Trinajstić information content (AvgIpc) is 3.20. The first kappa shape index (κ1) is 18.0. The second-order valence-electron chi connectivity index (χ2n) is 7.70. The van der Waals surface area contributed by atoms with Gasteiger partial charge in [0.15, 0.2) is 5.65 Å². The first-order valence-electron chi connectivity index (χ1n) is 10.2. The maximum absolute atomic E-state index is 13.5. The van der Waals surface area contributed by atoms with Gasteiger partial charge in [0.2, 0.25) is 5.43 Å². The molecule has 1 aliphatic carbocycles. The van der Waals surface area contributed by atoms with Crippen LogP contribution in [0.15, 0.2) is 33.9 Å². The van der Waals surface area contributed by atoms with Gasteiger partial charge < -0.3 is 4.57 Å². The minimum Gasteiger partial charge on any atom is -0.328 e. The van der Waals surface area contributed by atoms with Crippen LogP contribution in [0.25, 0.3) is 21.9 Å². The molecule has 0 radical (unpaired) electrons. The Labute approximate surface area is 158 Å². The van der Waals surface area contributed by atoms with Gasteiger partial charge in [-0.2, -0.15) is 0 Å². The summed E-state index contributed by atoms with van der Waals surface area (Å²) < 4.78 is 3.76. The Hall–Kier alpha value is -2.43. The van der Waals surface area contributed by atoms with E-state index in [4.69, 9.17) is 4.98 Å². The molecule has 1 aliphatic rings. The van der Waals surface area contributed by atoms with Crippen molar-refractivity contribution in [2.45, 2.75) is 64.3 Å². The standard InChI is InChI=1S/C22H27N3O2/c1-3-4-5-14-18-23-21-19(22(27)25(18)15-10-6-7-11-15)20(26)16-12-8-9-13-17(16)24(21)2/h8-9,12-13,15H,3-7,10-11,14H2,1-2H3. The molecule has 1 fully saturated rings. The summed E-state index contributed by atoms with van der Waals surface area (Å²) in [6.07, 6.45) is 8.33. The van der Waals surface area contributed by atoms with Crippen molar-refractivity contribution in [2.75, 3.05) is 0 Å². The molecule has 0 atom stereocenters. The van der Waals surface area contributed by atoms with E-state index in [1.165, 1.54) is 0 Å². The highest BCUT2D eigenvalue weighted by atomic mass is 16.1. The van der Waals surface area contributed by atoms with Crippen LogP contribution in [-0.4, -0.2) is 14.1 Å². The quantitative estimate of drug-likeness (QED) is 0.505. The van der Waals surface area contributed by atoms with Gasteiger partial charge in [-0.25, -0.2) is 4.98 Å². The molecule has 142 valence electrons. The predicted octanol–water partition coefficient (Wildman–Crippen LogP) is 4.10.